The summed E-state index contributed by atoms with van der Waals surface area (Å²) >= 11 is 0. The highest BCUT2D eigenvalue weighted by atomic mass is 19.3. The third kappa shape index (κ3) is 6.24. The van der Waals surface area contributed by atoms with Crippen LogP contribution < -0.4 is 9.47 Å². The number of nitrogens with zero attached hydrogens (tertiary/aromatic N) is 1. The van der Waals surface area contributed by atoms with Gasteiger partial charge >= 0.3 is 6.61 Å². The minimum atomic E-state index is -2.79. The Morgan fingerprint density at radius 3 is 2.43 bits per heavy atom. The van der Waals surface area contributed by atoms with Crippen molar-refractivity contribution in [2.24, 2.45) is 0 Å². The fourth-order valence-electron chi connectivity index (χ4n) is 2.19. The summed E-state index contributed by atoms with van der Waals surface area (Å²) < 4.78 is 34.2. The molecular weight excluding hydrogens is 300 g/mol. The first-order chi connectivity index (χ1) is 11.0. The molecule has 2 aromatic carbocycles. The van der Waals surface area contributed by atoms with Crippen molar-refractivity contribution < 1.29 is 18.3 Å². The predicted molar refractivity (Wildman–Crippen MR) is 86.1 cm³/mol. The number of ether oxygens (including phenoxy) is 2. The largest absolute Gasteiger partial charge is 0.492 e. The number of alkyl halides is 2. The highest BCUT2D eigenvalue weighted by molar-refractivity contribution is 5.28. The van der Waals surface area contributed by atoms with Gasteiger partial charge in [0.15, 0.2) is 0 Å². The van der Waals surface area contributed by atoms with Gasteiger partial charge in [-0.05, 0) is 49.4 Å². The number of hydrogen-bond donors (Lipinski definition) is 0. The summed E-state index contributed by atoms with van der Waals surface area (Å²) in [6, 6.07) is 14.6. The van der Waals surface area contributed by atoms with Crippen molar-refractivity contribution in [1.82, 2.24) is 4.90 Å². The molecule has 0 amide bonds. The van der Waals surface area contributed by atoms with Crippen LogP contribution in [0.25, 0.3) is 0 Å². The van der Waals surface area contributed by atoms with Gasteiger partial charge in [-0.1, -0.05) is 24.3 Å². The molecule has 0 atom stereocenters. The maximum absolute atomic E-state index is 12.1. The summed E-state index contributed by atoms with van der Waals surface area (Å²) in [5.41, 5.74) is 2.20. The van der Waals surface area contributed by atoms with Gasteiger partial charge in [0.2, 0.25) is 0 Å². The SMILES string of the molecule is Cc1cccc(OCCN(C)Cc2ccc(OC(F)F)cc2)c1. The fourth-order valence-corrected chi connectivity index (χ4v) is 2.19. The molecule has 2 rings (SSSR count). The fraction of sp³-hybridized carbons (Fsp3) is 0.333. The van der Waals surface area contributed by atoms with Crippen LogP contribution in [0.1, 0.15) is 11.1 Å². The smallest absolute Gasteiger partial charge is 0.387 e. The molecule has 0 radical (unpaired) electrons. The van der Waals surface area contributed by atoms with Crippen LogP contribution in [-0.4, -0.2) is 31.7 Å². The van der Waals surface area contributed by atoms with Crippen molar-refractivity contribution in [2.45, 2.75) is 20.1 Å². The highest BCUT2D eigenvalue weighted by Crippen LogP contribution is 2.16. The normalized spacial score (nSPS) is 11.0. The molecular formula is C18H21F2NO2. The maximum atomic E-state index is 12.1. The van der Waals surface area contributed by atoms with Gasteiger partial charge in [0, 0.05) is 13.1 Å². The van der Waals surface area contributed by atoms with E-state index in [1.165, 1.54) is 5.56 Å². The summed E-state index contributed by atoms with van der Waals surface area (Å²) in [6.45, 7) is 1.31. The van der Waals surface area contributed by atoms with Gasteiger partial charge in [0.25, 0.3) is 0 Å². The van der Waals surface area contributed by atoms with Crippen molar-refractivity contribution in [3.05, 3.63) is 59.7 Å². The Bertz CT molecular complexity index is 602. The molecule has 0 bridgehead atoms. The van der Waals surface area contributed by atoms with Crippen molar-refractivity contribution >= 4 is 0 Å². The van der Waals surface area contributed by atoms with Gasteiger partial charge in [0.05, 0.1) is 0 Å². The molecule has 0 aliphatic carbocycles. The van der Waals surface area contributed by atoms with E-state index in [2.05, 4.69) is 9.64 Å². The minimum absolute atomic E-state index is 0.175. The van der Waals surface area contributed by atoms with E-state index in [0.717, 1.165) is 17.9 Å². The molecule has 0 saturated heterocycles. The Balaban J connectivity index is 1.75. The van der Waals surface area contributed by atoms with Crippen LogP contribution >= 0.6 is 0 Å². The molecule has 0 aliphatic rings. The van der Waals surface area contributed by atoms with Crippen LogP contribution in [0, 0.1) is 6.92 Å². The Morgan fingerprint density at radius 2 is 1.78 bits per heavy atom. The molecule has 0 saturated carbocycles. The molecule has 0 N–H and O–H groups in total. The zero-order chi connectivity index (χ0) is 16.7. The zero-order valence-electron chi connectivity index (χ0n) is 13.3. The van der Waals surface area contributed by atoms with Crippen molar-refractivity contribution in [1.29, 1.82) is 0 Å². The highest BCUT2D eigenvalue weighted by Gasteiger charge is 2.05. The predicted octanol–water partition coefficient (Wildman–Crippen LogP) is 4.11. The van der Waals surface area contributed by atoms with E-state index >= 15 is 0 Å². The number of likely N-dealkylation sites (N-methyl/N-ethyl adjacent to an activating group) is 1. The molecule has 5 heteroatoms. The number of benzene rings is 2. The average molecular weight is 321 g/mol. The molecule has 0 unspecified atom stereocenters. The lowest BCUT2D eigenvalue weighted by Gasteiger charge is -2.17. The molecule has 0 aromatic heterocycles. The lowest BCUT2D eigenvalue weighted by molar-refractivity contribution is -0.0498. The standard InChI is InChI=1S/C18H21F2NO2/c1-14-4-3-5-17(12-14)22-11-10-21(2)13-15-6-8-16(9-7-15)23-18(19)20/h3-9,12,18H,10-11,13H2,1-2H3. The minimum Gasteiger partial charge on any atom is -0.492 e. The molecule has 23 heavy (non-hydrogen) atoms. The van der Waals surface area contributed by atoms with Gasteiger partial charge in [0.1, 0.15) is 18.1 Å². The molecule has 124 valence electrons. The summed E-state index contributed by atoms with van der Waals surface area (Å²) in [6.07, 6.45) is 0. The number of hydrogen-bond acceptors (Lipinski definition) is 3. The van der Waals surface area contributed by atoms with Gasteiger partial charge < -0.3 is 9.47 Å². The molecule has 0 spiro atoms. The first-order valence-electron chi connectivity index (χ1n) is 7.45. The van der Waals surface area contributed by atoms with Gasteiger partial charge in [-0.3, -0.25) is 4.90 Å². The van der Waals surface area contributed by atoms with E-state index < -0.39 is 6.61 Å². The van der Waals surface area contributed by atoms with Crippen LogP contribution in [0.2, 0.25) is 0 Å². The van der Waals surface area contributed by atoms with Crippen LogP contribution in [0.5, 0.6) is 11.5 Å². The van der Waals surface area contributed by atoms with Gasteiger partial charge in [-0.2, -0.15) is 8.78 Å². The first-order valence-corrected chi connectivity index (χ1v) is 7.45. The Kier molecular flexibility index (Phi) is 6.35. The van der Waals surface area contributed by atoms with E-state index in [9.17, 15) is 8.78 Å². The number of aryl methyl sites for hydroxylation is 1. The van der Waals surface area contributed by atoms with Crippen LogP contribution in [0.15, 0.2) is 48.5 Å². The Hall–Kier alpha value is -2.14. The van der Waals surface area contributed by atoms with Gasteiger partial charge in [-0.15, -0.1) is 0 Å². The maximum Gasteiger partial charge on any atom is 0.387 e. The Labute approximate surface area is 135 Å². The lowest BCUT2D eigenvalue weighted by Crippen LogP contribution is -2.23. The van der Waals surface area contributed by atoms with E-state index in [4.69, 9.17) is 4.74 Å². The van der Waals surface area contributed by atoms with Crippen molar-refractivity contribution in [3.8, 4) is 11.5 Å². The van der Waals surface area contributed by atoms with Gasteiger partial charge in [-0.25, -0.2) is 0 Å². The molecule has 0 aliphatic heterocycles. The molecule has 3 nitrogen and oxygen atoms in total. The Morgan fingerprint density at radius 1 is 1.04 bits per heavy atom. The zero-order valence-corrected chi connectivity index (χ0v) is 13.3. The van der Waals surface area contributed by atoms with E-state index in [1.807, 2.05) is 38.2 Å². The summed E-state index contributed by atoms with van der Waals surface area (Å²) in [5.74, 6) is 1.04. The van der Waals surface area contributed by atoms with E-state index in [-0.39, 0.29) is 5.75 Å². The lowest BCUT2D eigenvalue weighted by atomic mass is 10.2. The van der Waals surface area contributed by atoms with E-state index in [0.29, 0.717) is 13.2 Å². The average Bonchev–Trinajstić information content (AvgIpc) is 2.49. The quantitative estimate of drug-likeness (QED) is 0.730. The number of rotatable bonds is 8. The molecule has 2 aromatic rings. The second kappa shape index (κ2) is 8.48. The summed E-state index contributed by atoms with van der Waals surface area (Å²) in [7, 11) is 1.99. The second-order valence-corrected chi connectivity index (χ2v) is 5.43. The van der Waals surface area contributed by atoms with E-state index in [1.54, 1.807) is 24.3 Å². The second-order valence-electron chi connectivity index (χ2n) is 5.43. The summed E-state index contributed by atoms with van der Waals surface area (Å²) in [4.78, 5) is 2.11. The third-order valence-corrected chi connectivity index (χ3v) is 3.33. The van der Waals surface area contributed by atoms with Crippen molar-refractivity contribution in [2.75, 3.05) is 20.2 Å². The number of halogens is 2. The monoisotopic (exact) mass is 321 g/mol. The van der Waals surface area contributed by atoms with Crippen molar-refractivity contribution in [3.63, 3.8) is 0 Å². The molecule has 0 fully saturated rings. The van der Waals surface area contributed by atoms with Crippen LogP contribution in [0.4, 0.5) is 8.78 Å². The van der Waals surface area contributed by atoms with Crippen LogP contribution in [0.3, 0.4) is 0 Å². The topological polar surface area (TPSA) is 21.7 Å². The first kappa shape index (κ1) is 17.2. The van der Waals surface area contributed by atoms with Crippen LogP contribution in [-0.2, 0) is 6.54 Å². The third-order valence-electron chi connectivity index (χ3n) is 3.33. The molecule has 0 heterocycles. The summed E-state index contributed by atoms with van der Waals surface area (Å²) in [5, 5.41) is 0.